The number of rotatable bonds is 3. The molecule has 0 bridgehead atoms. The van der Waals surface area contributed by atoms with Crippen LogP contribution in [-0.2, 0) is 0 Å². The van der Waals surface area contributed by atoms with Crippen LogP contribution in [0, 0.1) is 0 Å². The lowest BCUT2D eigenvalue weighted by atomic mass is 10.2. The molecule has 3 nitrogen and oxygen atoms in total. The predicted molar refractivity (Wildman–Crippen MR) is 64.8 cm³/mol. The highest BCUT2D eigenvalue weighted by Gasteiger charge is 2.05. The summed E-state index contributed by atoms with van der Waals surface area (Å²) in [6, 6.07) is 7.93. The minimum absolute atomic E-state index is 0.819. The second kappa shape index (κ2) is 4.66. The summed E-state index contributed by atoms with van der Waals surface area (Å²) in [5.41, 5.74) is 2.07. The van der Waals surface area contributed by atoms with Crippen LogP contribution in [0.5, 0.6) is 5.75 Å². The van der Waals surface area contributed by atoms with Crippen LogP contribution in [0.2, 0.25) is 0 Å². The molecule has 3 heteroatoms. The number of ether oxygens (including phenoxy) is 1. The van der Waals surface area contributed by atoms with Gasteiger partial charge in [-0.05, 0) is 30.7 Å². The van der Waals surface area contributed by atoms with Gasteiger partial charge in [-0.3, -0.25) is 0 Å². The van der Waals surface area contributed by atoms with E-state index in [1.54, 1.807) is 18.0 Å². The van der Waals surface area contributed by atoms with Crippen LogP contribution in [-0.4, -0.2) is 16.9 Å². The van der Waals surface area contributed by atoms with Gasteiger partial charge in [0.05, 0.1) is 7.11 Å². The third-order valence-corrected chi connectivity index (χ3v) is 2.31. The summed E-state index contributed by atoms with van der Waals surface area (Å²) in [6.07, 6.45) is 7.68. The van der Waals surface area contributed by atoms with E-state index in [0.717, 1.165) is 17.0 Å². The number of nitrogens with zero attached hydrogens (tertiary/aromatic N) is 2. The molecule has 0 radical (unpaired) electrons. The molecule has 0 unspecified atom stereocenters. The molecule has 0 aliphatic rings. The van der Waals surface area contributed by atoms with Gasteiger partial charge in [0.2, 0.25) is 0 Å². The lowest BCUT2D eigenvalue weighted by molar-refractivity contribution is 0.411. The van der Waals surface area contributed by atoms with Crippen LogP contribution in [0.3, 0.4) is 0 Å². The van der Waals surface area contributed by atoms with Crippen molar-refractivity contribution >= 4 is 6.08 Å². The first-order valence-corrected chi connectivity index (χ1v) is 5.16. The van der Waals surface area contributed by atoms with Gasteiger partial charge in [-0.2, -0.15) is 5.10 Å². The summed E-state index contributed by atoms with van der Waals surface area (Å²) in [7, 11) is 1.67. The normalized spacial score (nSPS) is 10.9. The average Bonchev–Trinajstić information content (AvgIpc) is 2.83. The molecular weight excluding hydrogens is 200 g/mol. The monoisotopic (exact) mass is 214 g/mol. The molecule has 2 rings (SSSR count). The number of hydrogen-bond donors (Lipinski definition) is 0. The molecule has 0 fully saturated rings. The van der Waals surface area contributed by atoms with Gasteiger partial charge < -0.3 is 4.74 Å². The van der Waals surface area contributed by atoms with Gasteiger partial charge in [0.15, 0.2) is 0 Å². The molecule has 0 N–H and O–H groups in total. The van der Waals surface area contributed by atoms with Crippen LogP contribution in [0.25, 0.3) is 11.8 Å². The summed E-state index contributed by atoms with van der Waals surface area (Å²) in [5.74, 6) is 0.819. The zero-order valence-electron chi connectivity index (χ0n) is 9.42. The molecule has 0 saturated carbocycles. The SMILES string of the molecule is C/C=C/c1ccc(-n2cccn2)c(OC)c1. The molecule has 82 valence electrons. The van der Waals surface area contributed by atoms with E-state index in [-0.39, 0.29) is 0 Å². The fourth-order valence-corrected chi connectivity index (χ4v) is 1.59. The van der Waals surface area contributed by atoms with E-state index in [1.165, 1.54) is 0 Å². The maximum Gasteiger partial charge on any atom is 0.145 e. The maximum atomic E-state index is 5.36. The Balaban J connectivity index is 2.47. The number of benzene rings is 1. The molecule has 0 aliphatic heterocycles. The van der Waals surface area contributed by atoms with Gasteiger partial charge in [0.25, 0.3) is 0 Å². The van der Waals surface area contributed by atoms with Crippen LogP contribution in [0.1, 0.15) is 12.5 Å². The average molecular weight is 214 g/mol. The minimum Gasteiger partial charge on any atom is -0.494 e. The summed E-state index contributed by atoms with van der Waals surface area (Å²) < 4.78 is 7.15. The topological polar surface area (TPSA) is 27.1 Å². The molecular formula is C13H14N2O. The van der Waals surface area contributed by atoms with Crippen molar-refractivity contribution in [3.05, 3.63) is 48.3 Å². The molecule has 2 aromatic rings. The fraction of sp³-hybridized carbons (Fsp3) is 0.154. The highest BCUT2D eigenvalue weighted by molar-refractivity contribution is 5.57. The van der Waals surface area contributed by atoms with Crippen molar-refractivity contribution in [1.29, 1.82) is 0 Å². The van der Waals surface area contributed by atoms with E-state index in [4.69, 9.17) is 4.74 Å². The lowest BCUT2D eigenvalue weighted by Crippen LogP contribution is -1.98. The van der Waals surface area contributed by atoms with Crippen molar-refractivity contribution < 1.29 is 4.74 Å². The quantitative estimate of drug-likeness (QED) is 0.785. The first-order chi connectivity index (χ1) is 7.85. The van der Waals surface area contributed by atoms with E-state index >= 15 is 0 Å². The summed E-state index contributed by atoms with van der Waals surface area (Å²) in [6.45, 7) is 1.99. The molecule has 1 heterocycles. The van der Waals surface area contributed by atoms with Gasteiger partial charge in [0, 0.05) is 12.4 Å². The molecule has 0 saturated heterocycles. The Morgan fingerprint density at radius 3 is 2.88 bits per heavy atom. The Kier molecular flexibility index (Phi) is 3.05. The third kappa shape index (κ3) is 1.98. The molecule has 0 spiro atoms. The van der Waals surface area contributed by atoms with Crippen LogP contribution >= 0.6 is 0 Å². The van der Waals surface area contributed by atoms with E-state index in [1.807, 2.05) is 49.5 Å². The van der Waals surface area contributed by atoms with E-state index in [0.29, 0.717) is 0 Å². The second-order valence-electron chi connectivity index (χ2n) is 3.38. The zero-order chi connectivity index (χ0) is 11.4. The van der Waals surface area contributed by atoms with Crippen molar-refractivity contribution in [1.82, 2.24) is 9.78 Å². The van der Waals surface area contributed by atoms with Gasteiger partial charge in [-0.1, -0.05) is 18.2 Å². The Hall–Kier alpha value is -2.03. The molecule has 1 aromatic carbocycles. The summed E-state index contributed by atoms with van der Waals surface area (Å²) in [4.78, 5) is 0. The van der Waals surface area contributed by atoms with Crippen molar-refractivity contribution in [2.45, 2.75) is 6.92 Å². The van der Waals surface area contributed by atoms with Crippen molar-refractivity contribution in [3.8, 4) is 11.4 Å². The van der Waals surface area contributed by atoms with E-state index in [2.05, 4.69) is 5.10 Å². The van der Waals surface area contributed by atoms with E-state index in [9.17, 15) is 0 Å². The lowest BCUT2D eigenvalue weighted by Gasteiger charge is -2.09. The Bertz CT molecular complexity index is 487. The van der Waals surface area contributed by atoms with Crippen molar-refractivity contribution in [2.75, 3.05) is 7.11 Å². The van der Waals surface area contributed by atoms with Crippen LogP contribution in [0.15, 0.2) is 42.7 Å². The summed E-state index contributed by atoms with van der Waals surface area (Å²) >= 11 is 0. The third-order valence-electron chi connectivity index (χ3n) is 2.31. The largest absolute Gasteiger partial charge is 0.494 e. The Morgan fingerprint density at radius 2 is 2.25 bits per heavy atom. The molecule has 1 aromatic heterocycles. The van der Waals surface area contributed by atoms with Crippen LogP contribution < -0.4 is 4.74 Å². The van der Waals surface area contributed by atoms with Crippen molar-refractivity contribution in [3.63, 3.8) is 0 Å². The Labute approximate surface area is 95.0 Å². The first kappa shape index (κ1) is 10.5. The number of allylic oxidation sites excluding steroid dienone is 1. The Morgan fingerprint density at radius 1 is 1.38 bits per heavy atom. The van der Waals surface area contributed by atoms with Crippen LogP contribution in [0.4, 0.5) is 0 Å². The number of hydrogen-bond acceptors (Lipinski definition) is 2. The fourth-order valence-electron chi connectivity index (χ4n) is 1.59. The number of methoxy groups -OCH3 is 1. The van der Waals surface area contributed by atoms with E-state index < -0.39 is 0 Å². The zero-order valence-corrected chi connectivity index (χ0v) is 9.42. The standard InChI is InChI=1S/C13H14N2O/c1-3-5-11-6-7-12(13(10-11)16-2)15-9-4-8-14-15/h3-10H,1-2H3/b5-3+. The highest BCUT2D eigenvalue weighted by Crippen LogP contribution is 2.24. The first-order valence-electron chi connectivity index (χ1n) is 5.16. The number of aromatic nitrogens is 2. The van der Waals surface area contributed by atoms with Gasteiger partial charge >= 0.3 is 0 Å². The minimum atomic E-state index is 0.819. The van der Waals surface area contributed by atoms with Gasteiger partial charge in [-0.15, -0.1) is 0 Å². The second-order valence-corrected chi connectivity index (χ2v) is 3.38. The smallest absolute Gasteiger partial charge is 0.145 e. The summed E-state index contributed by atoms with van der Waals surface area (Å²) in [5, 5.41) is 4.19. The predicted octanol–water partition coefficient (Wildman–Crippen LogP) is 2.91. The van der Waals surface area contributed by atoms with Gasteiger partial charge in [0.1, 0.15) is 11.4 Å². The highest BCUT2D eigenvalue weighted by atomic mass is 16.5. The van der Waals surface area contributed by atoms with Gasteiger partial charge in [-0.25, -0.2) is 4.68 Å². The molecule has 0 aliphatic carbocycles. The molecule has 0 atom stereocenters. The maximum absolute atomic E-state index is 5.36. The molecule has 0 amide bonds. The molecule has 16 heavy (non-hydrogen) atoms. The van der Waals surface area contributed by atoms with Crippen molar-refractivity contribution in [2.24, 2.45) is 0 Å².